The van der Waals surface area contributed by atoms with E-state index in [1.807, 2.05) is 78.6 Å². The molecule has 1 heterocycles. The van der Waals surface area contributed by atoms with Crippen LogP contribution in [0.4, 0.5) is 18.9 Å². The van der Waals surface area contributed by atoms with Crippen LogP contribution in [0, 0.1) is 11.8 Å². The van der Waals surface area contributed by atoms with Crippen molar-refractivity contribution < 1.29 is 58.8 Å². The number of carbonyl (C=O) groups excluding carboxylic acids is 1. The number of ketones is 1. The number of rotatable bonds is 22. The number of aliphatic hydroxyl groups excluding tert-OH is 1. The Labute approximate surface area is 404 Å². The summed E-state index contributed by atoms with van der Waals surface area (Å²) in [4.78, 5) is 34.4. The highest BCUT2D eigenvalue weighted by Crippen LogP contribution is 2.39. The van der Waals surface area contributed by atoms with E-state index in [1.165, 1.54) is 23.9 Å². The van der Waals surface area contributed by atoms with Crippen LogP contribution in [0.5, 0.6) is 0 Å². The summed E-state index contributed by atoms with van der Waals surface area (Å²) in [6.45, 7) is 3.64. The molecule has 1 saturated heterocycles. The molecule has 0 radical (unpaired) electrons. The number of nitrogens with zero attached hydrogens (tertiary/aromatic N) is 2. The topological polar surface area (TPSA) is 179 Å². The lowest BCUT2D eigenvalue weighted by Crippen LogP contribution is -2.35. The molecule has 6 rings (SSSR count). The van der Waals surface area contributed by atoms with Crippen molar-refractivity contribution in [3.05, 3.63) is 143 Å². The monoisotopic (exact) mass is 1040 g/mol. The quantitative estimate of drug-likeness (QED) is 0.0339. The maximum absolute atomic E-state index is 14.3. The number of benzene rings is 5. The molecule has 1 aliphatic heterocycles. The lowest BCUT2D eigenvalue weighted by Gasteiger charge is -2.36. The maximum atomic E-state index is 14.3. The SMILES string of the molecule is CCN(CCOP(=O)(O)O)CC[C@H](CSc1ccccc1)Cc1ccc(S(=O)(=O)CC(=O)c2ccc(N3CCC([C@@H](O)c4ccccc4-c4ccc(Cl)cc4)CC3)cc2)cc1S(=O)(=O)C(F)(F)F. The van der Waals surface area contributed by atoms with Gasteiger partial charge in [0.1, 0.15) is 5.75 Å². The third kappa shape index (κ3) is 14.3. The summed E-state index contributed by atoms with van der Waals surface area (Å²) in [5.74, 6) is -2.12. The molecule has 5 aromatic rings. The first-order valence-electron chi connectivity index (χ1n) is 21.8. The third-order valence-corrected chi connectivity index (χ3v) is 17.2. The van der Waals surface area contributed by atoms with Crippen LogP contribution in [0.25, 0.3) is 11.1 Å². The van der Waals surface area contributed by atoms with E-state index in [0.717, 1.165) is 39.4 Å². The fourth-order valence-electron chi connectivity index (χ4n) is 8.21. The van der Waals surface area contributed by atoms with Crippen molar-refractivity contribution >= 4 is 62.3 Å². The maximum Gasteiger partial charge on any atom is 0.501 e. The molecule has 2 atom stereocenters. The largest absolute Gasteiger partial charge is 0.501 e. The Morgan fingerprint density at radius 3 is 2.18 bits per heavy atom. The number of aliphatic hydroxyl groups is 1. The van der Waals surface area contributed by atoms with Crippen LogP contribution in [0.1, 0.15) is 53.8 Å². The van der Waals surface area contributed by atoms with Crippen LogP contribution in [-0.2, 0) is 35.2 Å². The van der Waals surface area contributed by atoms with Gasteiger partial charge in [0.05, 0.1) is 22.5 Å². The number of Topliss-reactive ketones (excluding diaryl/α,β-unsaturated/α-hetero) is 1. The van der Waals surface area contributed by atoms with Gasteiger partial charge in [-0.25, -0.2) is 21.4 Å². The predicted molar refractivity (Wildman–Crippen MR) is 258 cm³/mol. The fourth-order valence-corrected chi connectivity index (χ4v) is 12.1. The normalized spacial score (nSPS) is 15.1. The number of piperidine rings is 1. The Kier molecular flexibility index (Phi) is 18.2. The zero-order valence-corrected chi connectivity index (χ0v) is 41.1. The predicted octanol–water partition coefficient (Wildman–Crippen LogP) is 9.68. The number of likely N-dealkylation sites (N-methyl/N-ethyl adjacent to an activating group) is 1. The summed E-state index contributed by atoms with van der Waals surface area (Å²) in [5.41, 5.74) is -2.53. The van der Waals surface area contributed by atoms with Gasteiger partial charge in [0.15, 0.2) is 15.6 Å². The minimum absolute atomic E-state index is 0.0270. The number of phosphoric ester groups is 1. The van der Waals surface area contributed by atoms with E-state index >= 15 is 0 Å². The average Bonchev–Trinajstić information content (AvgIpc) is 3.31. The Bertz CT molecular complexity index is 2760. The van der Waals surface area contributed by atoms with Gasteiger partial charge in [-0.15, -0.1) is 11.8 Å². The Balaban J connectivity index is 1.14. The van der Waals surface area contributed by atoms with Gasteiger partial charge in [0.25, 0.3) is 9.84 Å². The van der Waals surface area contributed by atoms with Crippen molar-refractivity contribution in [1.29, 1.82) is 0 Å². The second-order valence-electron chi connectivity index (χ2n) is 16.6. The van der Waals surface area contributed by atoms with Crippen LogP contribution in [0.3, 0.4) is 0 Å². The van der Waals surface area contributed by atoms with Crippen LogP contribution >= 0.6 is 31.2 Å². The number of thioether (sulfide) groups is 1. The van der Waals surface area contributed by atoms with Crippen LogP contribution in [-0.4, -0.2) is 98.8 Å². The van der Waals surface area contributed by atoms with Gasteiger partial charge >= 0.3 is 13.3 Å². The lowest BCUT2D eigenvalue weighted by molar-refractivity contribution is -0.0436. The molecule has 1 fully saturated rings. The van der Waals surface area contributed by atoms with Crippen molar-refractivity contribution in [3.8, 4) is 11.1 Å². The molecule has 1 aliphatic rings. The highest BCUT2D eigenvalue weighted by Gasteiger charge is 2.48. The molecule has 20 heteroatoms. The Morgan fingerprint density at radius 2 is 1.54 bits per heavy atom. The lowest BCUT2D eigenvalue weighted by atomic mass is 9.84. The number of carbonyl (C=O) groups is 1. The smallest absolute Gasteiger partial charge is 0.388 e. The van der Waals surface area contributed by atoms with Gasteiger partial charge in [-0.1, -0.05) is 79.2 Å². The Hall–Kier alpha value is -4.07. The van der Waals surface area contributed by atoms with E-state index < -0.39 is 66.4 Å². The van der Waals surface area contributed by atoms with Crippen molar-refractivity contribution in [3.63, 3.8) is 0 Å². The molecular weight excluding hydrogens is 984 g/mol. The highest BCUT2D eigenvalue weighted by molar-refractivity contribution is 7.99. The summed E-state index contributed by atoms with van der Waals surface area (Å²) in [7, 11) is -15.5. The number of halogens is 4. The van der Waals surface area contributed by atoms with Gasteiger partial charge in [0.2, 0.25) is 0 Å². The van der Waals surface area contributed by atoms with Gasteiger partial charge in [-0.3, -0.25) is 9.32 Å². The molecule has 3 N–H and O–H groups in total. The molecule has 0 saturated carbocycles. The van der Waals surface area contributed by atoms with Crippen molar-refractivity contribution in [2.75, 3.05) is 55.7 Å². The third-order valence-electron chi connectivity index (χ3n) is 12.0. The minimum Gasteiger partial charge on any atom is -0.388 e. The molecule has 5 aromatic carbocycles. The van der Waals surface area contributed by atoms with E-state index in [-0.39, 0.29) is 36.6 Å². The molecule has 0 spiro atoms. The molecule has 0 unspecified atom stereocenters. The van der Waals surface area contributed by atoms with Gasteiger partial charge in [0, 0.05) is 46.6 Å². The first-order valence-corrected chi connectivity index (χ1v) is 27.9. The number of phosphoric acid groups is 1. The molecule has 0 aliphatic carbocycles. The highest BCUT2D eigenvalue weighted by atomic mass is 35.5. The molecular formula is C48H53ClF3N2O10PS3. The van der Waals surface area contributed by atoms with E-state index in [4.69, 9.17) is 21.4 Å². The van der Waals surface area contributed by atoms with Crippen LogP contribution in [0.2, 0.25) is 5.02 Å². The van der Waals surface area contributed by atoms with Gasteiger partial charge in [-0.2, -0.15) is 13.2 Å². The fraction of sp³-hybridized carbons (Fsp3) is 0.354. The second kappa shape index (κ2) is 23.2. The molecule has 0 aromatic heterocycles. The standard InChI is InChI=1S/C48H53ClF3N2O10PS3/c1-2-53(28-29-64-65(57,58)59)25-22-34(32-66-41-8-4-3-5-9-41)30-38-16-21-42(31-46(38)68(62,63)48(50,51)52)67(60,61)33-45(55)36-14-19-40(20-15-36)54-26-23-37(24-27-54)47(56)44-11-7-6-10-43(44)35-12-17-39(49)18-13-35/h3-21,31,34,37,47,56H,2,22-30,32-33H2,1H3,(H2,57,58,59)/t34-,47+/m0/s1. The molecule has 68 heavy (non-hydrogen) atoms. The molecule has 0 amide bonds. The molecule has 12 nitrogen and oxygen atoms in total. The summed E-state index contributed by atoms with van der Waals surface area (Å²) in [6, 6.07) is 33.1. The zero-order chi connectivity index (χ0) is 49.3. The van der Waals surface area contributed by atoms with Crippen molar-refractivity contribution in [2.24, 2.45) is 11.8 Å². The summed E-state index contributed by atoms with van der Waals surface area (Å²) in [6.07, 6.45) is 0.761. The number of hydrogen-bond donors (Lipinski definition) is 3. The van der Waals surface area contributed by atoms with E-state index in [0.29, 0.717) is 62.3 Å². The zero-order valence-electron chi connectivity index (χ0n) is 37.0. The Morgan fingerprint density at radius 1 is 0.897 bits per heavy atom. The van der Waals surface area contributed by atoms with Crippen LogP contribution < -0.4 is 4.90 Å². The summed E-state index contributed by atoms with van der Waals surface area (Å²) < 4.78 is 112. The number of alkyl halides is 3. The van der Waals surface area contributed by atoms with Gasteiger partial charge < -0.3 is 24.7 Å². The van der Waals surface area contributed by atoms with Crippen molar-refractivity contribution in [2.45, 2.75) is 58.9 Å². The number of sulfone groups is 2. The van der Waals surface area contributed by atoms with E-state index in [1.54, 1.807) is 24.3 Å². The molecule has 366 valence electrons. The van der Waals surface area contributed by atoms with E-state index in [2.05, 4.69) is 9.42 Å². The first-order chi connectivity index (χ1) is 32.1. The van der Waals surface area contributed by atoms with Crippen molar-refractivity contribution in [1.82, 2.24) is 4.90 Å². The van der Waals surface area contributed by atoms with E-state index in [9.17, 15) is 44.5 Å². The average molecular weight is 1040 g/mol. The summed E-state index contributed by atoms with van der Waals surface area (Å²) in [5, 5.41) is 12.1. The number of anilines is 1. The van der Waals surface area contributed by atoms with Gasteiger partial charge in [-0.05, 0) is 134 Å². The summed E-state index contributed by atoms with van der Waals surface area (Å²) >= 11 is 7.50. The number of hydrogen-bond acceptors (Lipinski definition) is 11. The van der Waals surface area contributed by atoms with Crippen LogP contribution in [0.15, 0.2) is 136 Å². The second-order valence-corrected chi connectivity index (χ2v) is 23.2. The first kappa shape index (κ1) is 53.3. The molecule has 0 bridgehead atoms. The minimum atomic E-state index is -6.08.